The summed E-state index contributed by atoms with van der Waals surface area (Å²) in [5, 5.41) is 6.65. The average Bonchev–Trinajstić information content (AvgIpc) is 3.18. The van der Waals surface area contributed by atoms with Crippen LogP contribution in [0.4, 0.5) is 4.79 Å². The number of carbonyl (C=O) groups is 2. The Kier molecular flexibility index (Phi) is 6.57. The van der Waals surface area contributed by atoms with Crippen molar-refractivity contribution in [2.24, 2.45) is 0 Å². The van der Waals surface area contributed by atoms with Gasteiger partial charge in [-0.3, -0.25) is 15.0 Å². The summed E-state index contributed by atoms with van der Waals surface area (Å²) in [6, 6.07) is 5.96. The maximum atomic E-state index is 12.3. The number of carbonyl (C=O) groups excluding carboxylic acids is 2. The number of methoxy groups -OCH3 is 1. The zero-order chi connectivity index (χ0) is 20.9. The van der Waals surface area contributed by atoms with Crippen molar-refractivity contribution in [1.29, 1.82) is 0 Å². The van der Waals surface area contributed by atoms with Crippen molar-refractivity contribution in [3.05, 3.63) is 30.0 Å². The Balaban J connectivity index is 1.25. The third-order valence-electron chi connectivity index (χ3n) is 6.51. The standard InChI is InChI=1S/C23H32N4O3/c1-30-18-7-8-21-19(13-18)20(14-24-21)16-9-11-27(12-10-16)15-22(28)26-23(29)25-17-5-3-2-4-6-17/h7-8,13-14,16-17,24H,2-6,9-12,15H2,1H3,(H2,25,26,28,29). The second-order valence-corrected chi connectivity index (χ2v) is 8.56. The van der Waals surface area contributed by atoms with Crippen LogP contribution in [-0.4, -0.2) is 54.6 Å². The molecule has 2 aliphatic rings. The number of hydrogen-bond donors (Lipinski definition) is 3. The molecular weight excluding hydrogens is 380 g/mol. The van der Waals surface area contributed by atoms with Crippen LogP contribution in [0.5, 0.6) is 5.75 Å². The third-order valence-corrected chi connectivity index (χ3v) is 6.51. The van der Waals surface area contributed by atoms with Gasteiger partial charge in [-0.2, -0.15) is 0 Å². The highest BCUT2D eigenvalue weighted by molar-refractivity contribution is 5.95. The number of fused-ring (bicyclic) bond motifs is 1. The number of imide groups is 1. The van der Waals surface area contributed by atoms with Crippen molar-refractivity contribution in [1.82, 2.24) is 20.5 Å². The van der Waals surface area contributed by atoms with E-state index < -0.39 is 0 Å². The molecule has 3 amide bonds. The molecule has 1 aromatic carbocycles. The van der Waals surface area contributed by atoms with E-state index in [0.717, 1.165) is 62.9 Å². The van der Waals surface area contributed by atoms with Gasteiger partial charge in [-0.1, -0.05) is 19.3 Å². The Morgan fingerprint density at radius 1 is 1.13 bits per heavy atom. The van der Waals surface area contributed by atoms with Gasteiger partial charge >= 0.3 is 6.03 Å². The molecule has 1 aliphatic heterocycles. The van der Waals surface area contributed by atoms with Crippen molar-refractivity contribution in [2.45, 2.75) is 56.9 Å². The van der Waals surface area contributed by atoms with Crippen LogP contribution in [0.1, 0.15) is 56.4 Å². The van der Waals surface area contributed by atoms with E-state index in [1.165, 1.54) is 17.4 Å². The Labute approximate surface area is 177 Å². The summed E-state index contributed by atoms with van der Waals surface area (Å²) in [6.07, 6.45) is 9.64. The second kappa shape index (κ2) is 9.51. The highest BCUT2D eigenvalue weighted by Crippen LogP contribution is 2.34. The summed E-state index contributed by atoms with van der Waals surface area (Å²) in [7, 11) is 1.69. The maximum Gasteiger partial charge on any atom is 0.321 e. The van der Waals surface area contributed by atoms with Crippen LogP contribution in [0, 0.1) is 0 Å². The number of benzene rings is 1. The number of nitrogens with zero attached hydrogens (tertiary/aromatic N) is 1. The van der Waals surface area contributed by atoms with Gasteiger partial charge in [-0.25, -0.2) is 4.79 Å². The molecule has 2 aromatic rings. The van der Waals surface area contributed by atoms with Crippen molar-refractivity contribution in [2.75, 3.05) is 26.7 Å². The lowest BCUT2D eigenvalue weighted by Gasteiger charge is -2.31. The van der Waals surface area contributed by atoms with Crippen LogP contribution in [0.3, 0.4) is 0 Å². The Morgan fingerprint density at radius 3 is 2.63 bits per heavy atom. The molecule has 7 nitrogen and oxygen atoms in total. The van der Waals surface area contributed by atoms with E-state index in [1.807, 2.05) is 6.07 Å². The van der Waals surface area contributed by atoms with E-state index in [9.17, 15) is 9.59 Å². The number of ether oxygens (including phenoxy) is 1. The molecule has 1 saturated heterocycles. The van der Waals surface area contributed by atoms with E-state index in [-0.39, 0.29) is 24.5 Å². The van der Waals surface area contributed by atoms with Gasteiger partial charge in [0.05, 0.1) is 13.7 Å². The fourth-order valence-electron chi connectivity index (χ4n) is 4.83. The van der Waals surface area contributed by atoms with Crippen LogP contribution in [0.2, 0.25) is 0 Å². The van der Waals surface area contributed by atoms with Crippen LogP contribution in [0.15, 0.2) is 24.4 Å². The zero-order valence-electron chi connectivity index (χ0n) is 17.7. The molecule has 162 valence electrons. The van der Waals surface area contributed by atoms with Crippen LogP contribution >= 0.6 is 0 Å². The van der Waals surface area contributed by atoms with Crippen molar-refractivity contribution < 1.29 is 14.3 Å². The average molecular weight is 413 g/mol. The summed E-state index contributed by atoms with van der Waals surface area (Å²) in [5.74, 6) is 1.10. The lowest BCUT2D eigenvalue weighted by Crippen LogP contribution is -2.48. The quantitative estimate of drug-likeness (QED) is 0.701. The minimum Gasteiger partial charge on any atom is -0.497 e. The monoisotopic (exact) mass is 412 g/mol. The summed E-state index contributed by atoms with van der Waals surface area (Å²) < 4.78 is 5.38. The van der Waals surface area contributed by atoms with Gasteiger partial charge < -0.3 is 15.0 Å². The number of amides is 3. The highest BCUT2D eigenvalue weighted by Gasteiger charge is 2.25. The summed E-state index contributed by atoms with van der Waals surface area (Å²) in [4.78, 5) is 29.9. The van der Waals surface area contributed by atoms with Gasteiger partial charge in [0.25, 0.3) is 0 Å². The molecule has 2 heterocycles. The van der Waals surface area contributed by atoms with Crippen molar-refractivity contribution >= 4 is 22.8 Å². The topological polar surface area (TPSA) is 86.5 Å². The molecule has 1 aliphatic carbocycles. The second-order valence-electron chi connectivity index (χ2n) is 8.56. The summed E-state index contributed by atoms with van der Waals surface area (Å²) >= 11 is 0. The number of hydrogen-bond acceptors (Lipinski definition) is 4. The molecule has 0 spiro atoms. The molecule has 1 saturated carbocycles. The van der Waals surface area contributed by atoms with Crippen LogP contribution in [0.25, 0.3) is 10.9 Å². The fraction of sp³-hybridized carbons (Fsp3) is 0.565. The molecule has 7 heteroatoms. The van der Waals surface area contributed by atoms with E-state index >= 15 is 0 Å². The first-order valence-electron chi connectivity index (χ1n) is 11.1. The van der Waals surface area contributed by atoms with Crippen molar-refractivity contribution in [3.8, 4) is 5.75 Å². The SMILES string of the molecule is COc1ccc2[nH]cc(C3CCN(CC(=O)NC(=O)NC4CCCCC4)CC3)c2c1. The number of rotatable bonds is 5. The Hall–Kier alpha value is -2.54. The largest absolute Gasteiger partial charge is 0.497 e. The number of urea groups is 1. The predicted octanol–water partition coefficient (Wildman–Crippen LogP) is 3.51. The van der Waals surface area contributed by atoms with Gasteiger partial charge in [0.1, 0.15) is 5.75 Å². The summed E-state index contributed by atoms with van der Waals surface area (Å²) in [5.41, 5.74) is 2.44. The Morgan fingerprint density at radius 2 is 1.90 bits per heavy atom. The lowest BCUT2D eigenvalue weighted by molar-refractivity contribution is -0.121. The van der Waals surface area contributed by atoms with Crippen LogP contribution in [-0.2, 0) is 4.79 Å². The van der Waals surface area contributed by atoms with E-state index in [2.05, 4.69) is 38.8 Å². The predicted molar refractivity (Wildman–Crippen MR) is 117 cm³/mol. The van der Waals surface area contributed by atoms with Gasteiger partial charge in [0.15, 0.2) is 0 Å². The molecule has 1 aromatic heterocycles. The van der Waals surface area contributed by atoms with E-state index in [1.54, 1.807) is 7.11 Å². The van der Waals surface area contributed by atoms with Gasteiger partial charge in [0, 0.05) is 23.1 Å². The molecule has 2 fully saturated rings. The number of nitrogens with one attached hydrogen (secondary N) is 3. The smallest absolute Gasteiger partial charge is 0.321 e. The van der Waals surface area contributed by atoms with Gasteiger partial charge in [0.2, 0.25) is 5.91 Å². The normalized spacial score (nSPS) is 19.0. The first-order chi connectivity index (χ1) is 14.6. The first-order valence-corrected chi connectivity index (χ1v) is 11.1. The number of likely N-dealkylation sites (tertiary alicyclic amines) is 1. The zero-order valence-corrected chi connectivity index (χ0v) is 17.7. The molecule has 0 unspecified atom stereocenters. The molecule has 4 rings (SSSR count). The summed E-state index contributed by atoms with van der Waals surface area (Å²) in [6.45, 7) is 1.96. The van der Waals surface area contributed by atoms with E-state index in [4.69, 9.17) is 4.74 Å². The molecule has 0 radical (unpaired) electrons. The first kappa shape index (κ1) is 20.7. The molecule has 3 N–H and O–H groups in total. The van der Waals surface area contributed by atoms with E-state index in [0.29, 0.717) is 5.92 Å². The number of aromatic nitrogens is 1. The maximum absolute atomic E-state index is 12.3. The number of H-pyrrole nitrogens is 1. The minimum atomic E-state index is -0.352. The number of aromatic amines is 1. The molecular formula is C23H32N4O3. The molecule has 0 atom stereocenters. The minimum absolute atomic E-state index is 0.206. The molecule has 30 heavy (non-hydrogen) atoms. The highest BCUT2D eigenvalue weighted by atomic mass is 16.5. The van der Waals surface area contributed by atoms with Gasteiger partial charge in [-0.05, 0) is 68.5 Å². The van der Waals surface area contributed by atoms with Crippen LogP contribution < -0.4 is 15.4 Å². The third kappa shape index (κ3) is 4.95. The fourth-order valence-corrected chi connectivity index (χ4v) is 4.83. The Bertz CT molecular complexity index is 880. The van der Waals surface area contributed by atoms with Gasteiger partial charge in [-0.15, -0.1) is 0 Å². The lowest BCUT2D eigenvalue weighted by atomic mass is 9.89. The number of piperidine rings is 1. The molecule has 0 bridgehead atoms. The van der Waals surface area contributed by atoms with Crippen molar-refractivity contribution in [3.63, 3.8) is 0 Å².